The van der Waals surface area contributed by atoms with Crippen LogP contribution in [0.15, 0.2) is 71.6 Å². The fourth-order valence-corrected chi connectivity index (χ4v) is 3.64. The molecule has 0 unspecified atom stereocenters. The van der Waals surface area contributed by atoms with Crippen LogP contribution in [0.25, 0.3) is 0 Å². The molecule has 3 aromatic carbocycles. The smallest absolute Gasteiger partial charge is 0.261 e. The predicted molar refractivity (Wildman–Crippen MR) is 108 cm³/mol. The number of benzene rings is 3. The van der Waals surface area contributed by atoms with Gasteiger partial charge in [-0.25, -0.2) is 12.8 Å². The SMILES string of the molecule is Cc1ccc(NS(=O)(=O)c2ccc(C(=O)Nc3ccc(F)cc3C)cc2)cc1. The summed E-state index contributed by atoms with van der Waals surface area (Å²) in [4.78, 5) is 12.4. The number of nitrogens with one attached hydrogen (secondary N) is 2. The lowest BCUT2D eigenvalue weighted by atomic mass is 10.1. The second-order valence-electron chi connectivity index (χ2n) is 6.41. The second-order valence-corrected chi connectivity index (χ2v) is 8.09. The van der Waals surface area contributed by atoms with Crippen molar-refractivity contribution in [1.82, 2.24) is 0 Å². The Morgan fingerprint density at radius 3 is 2.14 bits per heavy atom. The van der Waals surface area contributed by atoms with E-state index in [1.165, 1.54) is 42.5 Å². The number of rotatable bonds is 5. The van der Waals surface area contributed by atoms with Gasteiger partial charge in [-0.1, -0.05) is 17.7 Å². The van der Waals surface area contributed by atoms with Crippen LogP contribution < -0.4 is 10.0 Å². The van der Waals surface area contributed by atoms with E-state index in [4.69, 9.17) is 0 Å². The molecule has 5 nitrogen and oxygen atoms in total. The monoisotopic (exact) mass is 398 g/mol. The molecule has 0 aliphatic heterocycles. The Morgan fingerprint density at radius 2 is 1.54 bits per heavy atom. The third-order valence-corrected chi connectivity index (χ3v) is 5.56. The van der Waals surface area contributed by atoms with Gasteiger partial charge in [-0.05, 0) is 74.0 Å². The van der Waals surface area contributed by atoms with Crippen LogP contribution in [-0.4, -0.2) is 14.3 Å². The number of hydrogen-bond donors (Lipinski definition) is 2. The van der Waals surface area contributed by atoms with E-state index < -0.39 is 15.9 Å². The first-order chi connectivity index (χ1) is 13.2. The minimum absolute atomic E-state index is 0.0441. The Hall–Kier alpha value is -3.19. The number of aryl methyl sites for hydroxylation is 2. The van der Waals surface area contributed by atoms with Crippen molar-refractivity contribution in [3.05, 3.63) is 89.2 Å². The van der Waals surface area contributed by atoms with Crippen LogP contribution in [0.2, 0.25) is 0 Å². The lowest BCUT2D eigenvalue weighted by molar-refractivity contribution is 0.102. The molecule has 0 aliphatic carbocycles. The van der Waals surface area contributed by atoms with Crippen molar-refractivity contribution >= 4 is 27.3 Å². The van der Waals surface area contributed by atoms with Crippen molar-refractivity contribution in [3.8, 4) is 0 Å². The van der Waals surface area contributed by atoms with Gasteiger partial charge in [0.25, 0.3) is 15.9 Å². The lowest BCUT2D eigenvalue weighted by Crippen LogP contribution is -2.15. The molecule has 0 aromatic heterocycles. The molecular formula is C21H19FN2O3S. The molecule has 0 spiro atoms. The molecule has 144 valence electrons. The molecular weight excluding hydrogens is 379 g/mol. The number of sulfonamides is 1. The highest BCUT2D eigenvalue weighted by molar-refractivity contribution is 7.92. The number of anilines is 2. The van der Waals surface area contributed by atoms with Gasteiger partial charge in [0, 0.05) is 16.9 Å². The first-order valence-electron chi connectivity index (χ1n) is 8.52. The van der Waals surface area contributed by atoms with Gasteiger partial charge in [0.05, 0.1) is 4.90 Å². The summed E-state index contributed by atoms with van der Waals surface area (Å²) in [5.41, 5.74) is 2.85. The molecule has 3 aromatic rings. The van der Waals surface area contributed by atoms with Gasteiger partial charge >= 0.3 is 0 Å². The van der Waals surface area contributed by atoms with Crippen LogP contribution in [0.4, 0.5) is 15.8 Å². The second kappa shape index (κ2) is 7.82. The summed E-state index contributed by atoms with van der Waals surface area (Å²) in [5.74, 6) is -0.795. The quantitative estimate of drug-likeness (QED) is 0.665. The summed E-state index contributed by atoms with van der Waals surface area (Å²) >= 11 is 0. The minimum Gasteiger partial charge on any atom is -0.322 e. The van der Waals surface area contributed by atoms with E-state index >= 15 is 0 Å². The fraction of sp³-hybridized carbons (Fsp3) is 0.0952. The highest BCUT2D eigenvalue weighted by atomic mass is 32.2. The molecule has 1 amide bonds. The van der Waals surface area contributed by atoms with Gasteiger partial charge in [0.1, 0.15) is 5.82 Å². The van der Waals surface area contributed by atoms with Gasteiger partial charge in [0.15, 0.2) is 0 Å². The Kier molecular flexibility index (Phi) is 5.46. The van der Waals surface area contributed by atoms with Gasteiger partial charge in [-0.2, -0.15) is 0 Å². The average Bonchev–Trinajstić information content (AvgIpc) is 2.66. The van der Waals surface area contributed by atoms with Gasteiger partial charge in [-0.3, -0.25) is 9.52 Å². The molecule has 3 rings (SSSR count). The van der Waals surface area contributed by atoms with Crippen molar-refractivity contribution in [3.63, 3.8) is 0 Å². The summed E-state index contributed by atoms with van der Waals surface area (Å²) in [6, 6.07) is 16.6. The van der Waals surface area contributed by atoms with Crippen LogP contribution in [0.1, 0.15) is 21.5 Å². The maximum Gasteiger partial charge on any atom is 0.261 e. The Labute approximate surface area is 163 Å². The summed E-state index contributed by atoms with van der Waals surface area (Å²) in [5, 5.41) is 2.69. The molecule has 0 aliphatic rings. The zero-order chi connectivity index (χ0) is 20.3. The summed E-state index contributed by atoms with van der Waals surface area (Å²) in [6.45, 7) is 3.60. The molecule has 0 saturated carbocycles. The van der Waals surface area contributed by atoms with E-state index in [1.54, 1.807) is 19.1 Å². The number of hydrogen-bond acceptors (Lipinski definition) is 3. The summed E-state index contributed by atoms with van der Waals surface area (Å²) in [6.07, 6.45) is 0. The molecule has 0 radical (unpaired) electrons. The van der Waals surface area contributed by atoms with Gasteiger partial charge in [0.2, 0.25) is 0 Å². The molecule has 0 atom stereocenters. The zero-order valence-corrected chi connectivity index (χ0v) is 16.2. The predicted octanol–water partition coefficient (Wildman–Crippen LogP) is 4.50. The number of carbonyl (C=O) groups excluding carboxylic acids is 1. The van der Waals surface area contributed by atoms with E-state index in [-0.39, 0.29) is 16.3 Å². The maximum absolute atomic E-state index is 13.2. The van der Waals surface area contributed by atoms with E-state index in [1.807, 2.05) is 19.1 Å². The minimum atomic E-state index is -3.76. The number of amides is 1. The van der Waals surface area contributed by atoms with Crippen LogP contribution in [-0.2, 0) is 10.0 Å². The molecule has 0 saturated heterocycles. The van der Waals surface area contributed by atoms with Crippen molar-refractivity contribution in [2.75, 3.05) is 10.0 Å². The van der Waals surface area contributed by atoms with E-state index in [2.05, 4.69) is 10.0 Å². The van der Waals surface area contributed by atoms with Crippen LogP contribution in [0.3, 0.4) is 0 Å². The third-order valence-electron chi connectivity index (χ3n) is 4.17. The topological polar surface area (TPSA) is 75.3 Å². The largest absolute Gasteiger partial charge is 0.322 e. The van der Waals surface area contributed by atoms with Crippen LogP contribution in [0.5, 0.6) is 0 Å². The van der Waals surface area contributed by atoms with Crippen molar-refractivity contribution in [2.45, 2.75) is 18.7 Å². The molecule has 28 heavy (non-hydrogen) atoms. The van der Waals surface area contributed by atoms with Crippen LogP contribution in [0, 0.1) is 19.7 Å². The summed E-state index contributed by atoms with van der Waals surface area (Å²) < 4.78 is 40.6. The highest BCUT2D eigenvalue weighted by Gasteiger charge is 2.15. The number of halogens is 1. The van der Waals surface area contributed by atoms with Crippen molar-refractivity contribution in [1.29, 1.82) is 0 Å². The Bertz CT molecular complexity index is 1110. The highest BCUT2D eigenvalue weighted by Crippen LogP contribution is 2.19. The fourth-order valence-electron chi connectivity index (χ4n) is 2.58. The Balaban J connectivity index is 1.74. The molecule has 2 N–H and O–H groups in total. The zero-order valence-electron chi connectivity index (χ0n) is 15.4. The first-order valence-corrected chi connectivity index (χ1v) is 10.00. The van der Waals surface area contributed by atoms with Crippen molar-refractivity contribution in [2.24, 2.45) is 0 Å². The lowest BCUT2D eigenvalue weighted by Gasteiger charge is -2.10. The standard InChI is InChI=1S/C21H19FN2O3S/c1-14-3-8-18(9-4-14)24-28(26,27)19-10-5-16(6-11-19)21(25)23-20-12-7-17(22)13-15(20)2/h3-13,24H,1-2H3,(H,23,25). The van der Waals surface area contributed by atoms with Crippen LogP contribution >= 0.6 is 0 Å². The van der Waals surface area contributed by atoms with Gasteiger partial charge in [-0.15, -0.1) is 0 Å². The van der Waals surface area contributed by atoms with Gasteiger partial charge < -0.3 is 5.32 Å². The Morgan fingerprint density at radius 1 is 0.893 bits per heavy atom. The van der Waals surface area contributed by atoms with Crippen molar-refractivity contribution < 1.29 is 17.6 Å². The van der Waals surface area contributed by atoms with E-state index in [9.17, 15) is 17.6 Å². The summed E-state index contributed by atoms with van der Waals surface area (Å²) in [7, 11) is -3.76. The molecule has 0 fully saturated rings. The maximum atomic E-state index is 13.2. The third kappa shape index (κ3) is 4.55. The normalized spacial score (nSPS) is 11.1. The molecule has 0 heterocycles. The van der Waals surface area contributed by atoms with E-state index in [0.717, 1.165) is 5.56 Å². The number of carbonyl (C=O) groups is 1. The first kappa shape index (κ1) is 19.6. The average molecular weight is 398 g/mol. The molecule has 7 heteroatoms. The van der Waals surface area contributed by atoms with E-state index in [0.29, 0.717) is 16.9 Å². The molecule has 0 bridgehead atoms.